The highest BCUT2D eigenvalue weighted by Gasteiger charge is 2.42. The molecule has 8 heteroatoms. The normalized spacial score (nSPS) is 23.4. The molecule has 22 heavy (non-hydrogen) atoms. The Bertz CT molecular complexity index is 399. The molecule has 1 aliphatic rings. The lowest BCUT2D eigenvalue weighted by molar-refractivity contribution is -0.175. The van der Waals surface area contributed by atoms with Crippen LogP contribution in [0.1, 0.15) is 39.5 Å². The Morgan fingerprint density at radius 3 is 2.41 bits per heavy atom. The second-order valence-corrected chi connectivity index (χ2v) is 6.01. The van der Waals surface area contributed by atoms with Crippen molar-refractivity contribution in [1.82, 2.24) is 10.6 Å². The van der Waals surface area contributed by atoms with Crippen LogP contribution in [0.2, 0.25) is 0 Å². The molecule has 0 radical (unpaired) electrons. The van der Waals surface area contributed by atoms with E-state index in [2.05, 4.69) is 5.32 Å². The molecule has 3 atom stereocenters. The van der Waals surface area contributed by atoms with Gasteiger partial charge in [-0.15, -0.1) is 0 Å². The number of carbonyl (C=O) groups is 2. The molecule has 0 saturated heterocycles. The molecular formula is C14H23F3N2O3. The zero-order valence-electron chi connectivity index (χ0n) is 12.7. The monoisotopic (exact) mass is 324 g/mol. The van der Waals surface area contributed by atoms with E-state index in [9.17, 15) is 22.8 Å². The highest BCUT2D eigenvalue weighted by Crippen LogP contribution is 2.28. The summed E-state index contributed by atoms with van der Waals surface area (Å²) < 4.78 is 37.0. The molecule has 0 heterocycles. The van der Waals surface area contributed by atoms with Crippen LogP contribution in [-0.2, 0) is 9.59 Å². The van der Waals surface area contributed by atoms with E-state index in [4.69, 9.17) is 5.11 Å². The van der Waals surface area contributed by atoms with Crippen LogP contribution < -0.4 is 10.6 Å². The van der Waals surface area contributed by atoms with Gasteiger partial charge in [-0.1, -0.05) is 20.3 Å². The fourth-order valence-electron chi connectivity index (χ4n) is 2.77. The predicted molar refractivity (Wildman–Crippen MR) is 73.8 cm³/mol. The molecule has 2 amide bonds. The van der Waals surface area contributed by atoms with Gasteiger partial charge in [-0.25, -0.2) is 0 Å². The summed E-state index contributed by atoms with van der Waals surface area (Å²) in [6, 6.07) is -1.40. The maximum absolute atomic E-state index is 12.3. The van der Waals surface area contributed by atoms with Crippen LogP contribution in [0.5, 0.6) is 0 Å². The smallest absolute Gasteiger partial charge is 0.396 e. The lowest BCUT2D eigenvalue weighted by Crippen LogP contribution is -2.55. The number of carbonyl (C=O) groups excluding carboxylic acids is 2. The van der Waals surface area contributed by atoms with Crippen molar-refractivity contribution in [2.75, 3.05) is 6.61 Å². The molecule has 0 aromatic heterocycles. The Kier molecular flexibility index (Phi) is 6.65. The van der Waals surface area contributed by atoms with Gasteiger partial charge in [0, 0.05) is 12.6 Å². The molecule has 0 bridgehead atoms. The number of hydrogen-bond donors (Lipinski definition) is 3. The summed E-state index contributed by atoms with van der Waals surface area (Å²) in [6.45, 7) is 3.15. The molecule has 5 nitrogen and oxygen atoms in total. The Morgan fingerprint density at radius 2 is 1.91 bits per heavy atom. The Hall–Kier alpha value is -1.31. The number of amides is 2. The van der Waals surface area contributed by atoms with Gasteiger partial charge in [0.15, 0.2) is 0 Å². The first-order chi connectivity index (χ1) is 10.2. The van der Waals surface area contributed by atoms with Gasteiger partial charge in [0.25, 0.3) is 0 Å². The zero-order valence-corrected chi connectivity index (χ0v) is 12.7. The van der Waals surface area contributed by atoms with Crippen molar-refractivity contribution in [3.63, 3.8) is 0 Å². The van der Waals surface area contributed by atoms with E-state index >= 15 is 0 Å². The maximum Gasteiger partial charge on any atom is 0.471 e. The van der Waals surface area contributed by atoms with Crippen molar-refractivity contribution < 1.29 is 27.9 Å². The summed E-state index contributed by atoms with van der Waals surface area (Å²) in [7, 11) is 0. The van der Waals surface area contributed by atoms with Crippen molar-refractivity contribution in [3.05, 3.63) is 0 Å². The van der Waals surface area contributed by atoms with Gasteiger partial charge in [-0.05, 0) is 31.1 Å². The van der Waals surface area contributed by atoms with E-state index in [1.165, 1.54) is 0 Å². The second-order valence-electron chi connectivity index (χ2n) is 6.01. The van der Waals surface area contributed by atoms with Gasteiger partial charge in [0.1, 0.15) is 6.04 Å². The molecule has 1 aliphatic carbocycles. The van der Waals surface area contributed by atoms with E-state index in [1.807, 2.05) is 0 Å². The third kappa shape index (κ3) is 5.15. The topological polar surface area (TPSA) is 78.4 Å². The number of halogens is 3. The van der Waals surface area contributed by atoms with Crippen LogP contribution in [0.25, 0.3) is 0 Å². The highest BCUT2D eigenvalue weighted by molar-refractivity contribution is 5.90. The number of hydrogen-bond acceptors (Lipinski definition) is 3. The molecule has 0 aromatic rings. The Balaban J connectivity index is 2.67. The molecule has 2 unspecified atom stereocenters. The van der Waals surface area contributed by atoms with Crippen LogP contribution in [0.3, 0.4) is 0 Å². The first kappa shape index (κ1) is 18.7. The van der Waals surface area contributed by atoms with Crippen LogP contribution >= 0.6 is 0 Å². The Labute approximate surface area is 127 Å². The van der Waals surface area contributed by atoms with Gasteiger partial charge in [-0.2, -0.15) is 13.2 Å². The quantitative estimate of drug-likeness (QED) is 0.690. The van der Waals surface area contributed by atoms with Crippen LogP contribution in [0.15, 0.2) is 0 Å². The van der Waals surface area contributed by atoms with E-state index in [0.29, 0.717) is 6.42 Å². The summed E-state index contributed by atoms with van der Waals surface area (Å²) in [5.74, 6) is -3.06. The standard InChI is InChI=1S/C14H23F3N2O3/c1-8(2)11(19-13(22)14(15,16)17)12(21)18-10-5-3-4-9(10)6-7-20/h8-11,20H,3-7H2,1-2H3,(H,18,21)(H,19,22)/t9?,10?,11-/m0/s1. The number of alkyl halides is 3. The molecule has 3 N–H and O–H groups in total. The zero-order chi connectivity index (χ0) is 16.9. The van der Waals surface area contributed by atoms with Gasteiger partial charge in [-0.3, -0.25) is 9.59 Å². The van der Waals surface area contributed by atoms with E-state index in [1.54, 1.807) is 19.2 Å². The minimum atomic E-state index is -5.01. The minimum Gasteiger partial charge on any atom is -0.396 e. The molecule has 0 aliphatic heterocycles. The van der Waals surface area contributed by atoms with Gasteiger partial charge < -0.3 is 15.7 Å². The van der Waals surface area contributed by atoms with Gasteiger partial charge in [0.2, 0.25) is 5.91 Å². The maximum atomic E-state index is 12.3. The number of rotatable bonds is 6. The summed E-state index contributed by atoms with van der Waals surface area (Å²) in [4.78, 5) is 23.2. The van der Waals surface area contributed by atoms with Gasteiger partial charge in [0.05, 0.1) is 0 Å². The first-order valence-electron chi connectivity index (χ1n) is 7.45. The number of aliphatic hydroxyl groups excluding tert-OH is 1. The fourth-order valence-corrected chi connectivity index (χ4v) is 2.77. The molecule has 0 aromatic carbocycles. The summed E-state index contributed by atoms with van der Waals surface area (Å²) >= 11 is 0. The average Bonchev–Trinajstić information content (AvgIpc) is 2.81. The molecule has 0 spiro atoms. The number of aliphatic hydroxyl groups is 1. The summed E-state index contributed by atoms with van der Waals surface area (Å²) in [5, 5.41) is 13.5. The molecule has 1 rings (SSSR count). The summed E-state index contributed by atoms with van der Waals surface area (Å²) in [6.07, 6.45) is -1.97. The second kappa shape index (κ2) is 7.80. The fraction of sp³-hybridized carbons (Fsp3) is 0.857. The first-order valence-corrected chi connectivity index (χ1v) is 7.45. The van der Waals surface area contributed by atoms with E-state index in [-0.39, 0.29) is 18.6 Å². The molecule has 128 valence electrons. The SMILES string of the molecule is CC(C)[C@H](NC(=O)C(F)(F)F)C(=O)NC1CCCC1CCO. The van der Waals surface area contributed by atoms with E-state index in [0.717, 1.165) is 19.3 Å². The van der Waals surface area contributed by atoms with Crippen molar-refractivity contribution in [3.8, 4) is 0 Å². The van der Waals surface area contributed by atoms with Crippen molar-refractivity contribution in [1.29, 1.82) is 0 Å². The molecule has 1 fully saturated rings. The summed E-state index contributed by atoms with van der Waals surface area (Å²) in [5.41, 5.74) is 0. The minimum absolute atomic E-state index is 0.00938. The Morgan fingerprint density at radius 1 is 1.27 bits per heavy atom. The predicted octanol–water partition coefficient (Wildman–Crippen LogP) is 1.36. The van der Waals surface area contributed by atoms with Crippen LogP contribution in [0, 0.1) is 11.8 Å². The van der Waals surface area contributed by atoms with Crippen LogP contribution in [-0.4, -0.2) is 41.8 Å². The van der Waals surface area contributed by atoms with Crippen LogP contribution in [0.4, 0.5) is 13.2 Å². The lowest BCUT2D eigenvalue weighted by atomic mass is 9.98. The largest absolute Gasteiger partial charge is 0.471 e. The number of nitrogens with one attached hydrogen (secondary N) is 2. The van der Waals surface area contributed by atoms with Crippen molar-refractivity contribution in [2.45, 2.75) is 57.8 Å². The highest BCUT2D eigenvalue weighted by atomic mass is 19.4. The van der Waals surface area contributed by atoms with Crippen molar-refractivity contribution in [2.24, 2.45) is 11.8 Å². The lowest BCUT2D eigenvalue weighted by Gasteiger charge is -2.26. The third-order valence-electron chi connectivity index (χ3n) is 3.98. The van der Waals surface area contributed by atoms with E-state index < -0.39 is 30.0 Å². The molecule has 1 saturated carbocycles. The van der Waals surface area contributed by atoms with Crippen molar-refractivity contribution >= 4 is 11.8 Å². The average molecular weight is 324 g/mol. The molecular weight excluding hydrogens is 301 g/mol. The third-order valence-corrected chi connectivity index (χ3v) is 3.98. The van der Waals surface area contributed by atoms with Gasteiger partial charge >= 0.3 is 12.1 Å².